The molecule has 26 heavy (non-hydrogen) atoms. The fourth-order valence-electron chi connectivity index (χ4n) is 3.49. The molecular weight excluding hydrogens is 319 g/mol. The molecule has 3 heteroatoms. The van der Waals surface area contributed by atoms with Gasteiger partial charge in [-0.15, -0.1) is 0 Å². The third-order valence-electron chi connectivity index (χ3n) is 5.95. The maximum Gasteiger partial charge on any atom is 0.461 e. The molecule has 1 saturated heterocycles. The molecule has 0 atom stereocenters. The van der Waals surface area contributed by atoms with Crippen LogP contribution in [0.1, 0.15) is 51.7 Å². The fourth-order valence-corrected chi connectivity index (χ4v) is 3.49. The highest BCUT2D eigenvalue weighted by atomic mass is 16.7. The molecule has 0 N–H and O–H groups in total. The molecule has 0 amide bonds. The molecule has 1 fully saturated rings. The average Bonchev–Trinajstić information content (AvgIpc) is 2.84. The van der Waals surface area contributed by atoms with Gasteiger partial charge in [0.15, 0.2) is 0 Å². The summed E-state index contributed by atoms with van der Waals surface area (Å²) in [7, 11) is -0.132. The molecular formula is C23H31BO2. The van der Waals surface area contributed by atoms with Crippen molar-refractivity contribution in [1.82, 2.24) is 0 Å². The highest BCUT2D eigenvalue weighted by Gasteiger charge is 2.53. The van der Waals surface area contributed by atoms with E-state index in [9.17, 15) is 0 Å². The van der Waals surface area contributed by atoms with Crippen LogP contribution in [0.15, 0.2) is 60.7 Å². The van der Waals surface area contributed by atoms with Crippen LogP contribution in [0, 0.1) is 0 Å². The van der Waals surface area contributed by atoms with E-state index in [-0.39, 0.29) is 18.3 Å². The predicted molar refractivity (Wildman–Crippen MR) is 109 cm³/mol. The summed E-state index contributed by atoms with van der Waals surface area (Å²) in [5, 5.41) is 0. The zero-order valence-electron chi connectivity index (χ0n) is 16.6. The Morgan fingerprint density at radius 1 is 0.692 bits per heavy atom. The predicted octanol–water partition coefficient (Wildman–Crippen LogP) is 5.71. The van der Waals surface area contributed by atoms with Crippen molar-refractivity contribution in [2.45, 2.75) is 70.4 Å². The molecule has 3 rings (SSSR count). The Hall–Kier alpha value is -1.58. The van der Waals surface area contributed by atoms with Gasteiger partial charge in [-0.1, -0.05) is 60.7 Å². The van der Waals surface area contributed by atoms with Gasteiger partial charge in [-0.3, -0.25) is 0 Å². The minimum atomic E-state index is -0.268. The van der Waals surface area contributed by atoms with Crippen LogP contribution in [-0.4, -0.2) is 18.3 Å². The molecule has 0 bridgehead atoms. The Morgan fingerprint density at radius 3 is 1.46 bits per heavy atom. The van der Waals surface area contributed by atoms with Crippen LogP contribution in [0.4, 0.5) is 0 Å². The Morgan fingerprint density at radius 2 is 1.08 bits per heavy atom. The first-order chi connectivity index (χ1) is 12.4. The Bertz CT molecular complexity index is 622. The van der Waals surface area contributed by atoms with Crippen LogP contribution >= 0.6 is 0 Å². The van der Waals surface area contributed by atoms with Gasteiger partial charge in [0.05, 0.1) is 11.2 Å². The van der Waals surface area contributed by atoms with Gasteiger partial charge in [-0.2, -0.15) is 0 Å². The molecule has 138 valence electrons. The van der Waals surface area contributed by atoms with Gasteiger partial charge in [0.25, 0.3) is 0 Å². The average molecular weight is 350 g/mol. The number of rotatable bonds is 7. The van der Waals surface area contributed by atoms with Crippen molar-refractivity contribution in [1.29, 1.82) is 0 Å². The van der Waals surface area contributed by atoms with E-state index in [2.05, 4.69) is 88.4 Å². The third kappa shape index (κ3) is 4.58. The van der Waals surface area contributed by atoms with Gasteiger partial charge in [0.1, 0.15) is 0 Å². The van der Waals surface area contributed by atoms with E-state index in [0.29, 0.717) is 5.82 Å². The van der Waals surface area contributed by atoms with E-state index in [1.165, 1.54) is 11.1 Å². The van der Waals surface area contributed by atoms with Gasteiger partial charge in [0, 0.05) is 0 Å². The van der Waals surface area contributed by atoms with E-state index in [1.807, 2.05) is 0 Å². The Labute approximate surface area is 159 Å². The summed E-state index contributed by atoms with van der Waals surface area (Å²) in [6.07, 6.45) is 4.27. The summed E-state index contributed by atoms with van der Waals surface area (Å²) in [5.74, 6) is 0.386. The lowest BCUT2D eigenvalue weighted by Gasteiger charge is -2.32. The second-order valence-corrected chi connectivity index (χ2v) is 8.43. The van der Waals surface area contributed by atoms with Crippen LogP contribution in [0.2, 0.25) is 5.82 Å². The van der Waals surface area contributed by atoms with E-state index >= 15 is 0 Å². The maximum atomic E-state index is 6.38. The summed E-state index contributed by atoms with van der Waals surface area (Å²) in [4.78, 5) is 0. The first-order valence-corrected chi connectivity index (χ1v) is 9.81. The number of hydrogen-bond donors (Lipinski definition) is 0. The van der Waals surface area contributed by atoms with Crippen LogP contribution in [0.3, 0.4) is 0 Å². The Kier molecular flexibility index (Phi) is 5.89. The summed E-state index contributed by atoms with van der Waals surface area (Å²) >= 11 is 0. The molecule has 2 nitrogen and oxygen atoms in total. The molecule has 2 aromatic rings. The number of hydrogen-bond acceptors (Lipinski definition) is 2. The lowest BCUT2D eigenvalue weighted by molar-refractivity contribution is 0.00578. The van der Waals surface area contributed by atoms with Crippen molar-refractivity contribution >= 4 is 7.12 Å². The SMILES string of the molecule is CC1(C)OB(C(CCc2ccccc2)CCc2ccccc2)OC1(C)C. The highest BCUT2D eigenvalue weighted by Crippen LogP contribution is 2.42. The summed E-state index contributed by atoms with van der Waals surface area (Å²) in [6, 6.07) is 21.4. The molecule has 1 heterocycles. The number of aryl methyl sites for hydroxylation is 2. The van der Waals surface area contributed by atoms with E-state index in [1.54, 1.807) is 0 Å². The second kappa shape index (κ2) is 7.98. The van der Waals surface area contributed by atoms with Crippen LogP contribution < -0.4 is 0 Å². The molecule has 0 aromatic heterocycles. The Balaban J connectivity index is 1.69. The summed E-state index contributed by atoms with van der Waals surface area (Å²) < 4.78 is 12.8. The summed E-state index contributed by atoms with van der Waals surface area (Å²) in [6.45, 7) is 8.55. The van der Waals surface area contributed by atoms with Gasteiger partial charge in [-0.25, -0.2) is 0 Å². The molecule has 2 aromatic carbocycles. The van der Waals surface area contributed by atoms with E-state index < -0.39 is 0 Å². The van der Waals surface area contributed by atoms with Crippen LogP contribution in [0.25, 0.3) is 0 Å². The van der Waals surface area contributed by atoms with E-state index in [0.717, 1.165) is 25.7 Å². The molecule has 0 radical (unpaired) electrons. The highest BCUT2D eigenvalue weighted by molar-refractivity contribution is 6.47. The largest absolute Gasteiger partial charge is 0.461 e. The first kappa shape index (κ1) is 19.2. The van der Waals surface area contributed by atoms with Crippen molar-refractivity contribution in [2.75, 3.05) is 0 Å². The molecule has 0 spiro atoms. The van der Waals surface area contributed by atoms with Gasteiger partial charge < -0.3 is 9.31 Å². The van der Waals surface area contributed by atoms with Crippen molar-refractivity contribution in [3.63, 3.8) is 0 Å². The maximum absolute atomic E-state index is 6.38. The van der Waals surface area contributed by atoms with Crippen LogP contribution in [0.5, 0.6) is 0 Å². The topological polar surface area (TPSA) is 18.5 Å². The molecule has 1 aliphatic heterocycles. The molecule has 0 aliphatic carbocycles. The second-order valence-electron chi connectivity index (χ2n) is 8.43. The van der Waals surface area contributed by atoms with Crippen molar-refractivity contribution in [3.8, 4) is 0 Å². The zero-order valence-corrected chi connectivity index (χ0v) is 16.6. The third-order valence-corrected chi connectivity index (χ3v) is 5.95. The fraction of sp³-hybridized carbons (Fsp3) is 0.478. The minimum Gasteiger partial charge on any atom is -0.403 e. The van der Waals surface area contributed by atoms with Gasteiger partial charge >= 0.3 is 7.12 Å². The van der Waals surface area contributed by atoms with Crippen molar-refractivity contribution in [2.24, 2.45) is 0 Å². The first-order valence-electron chi connectivity index (χ1n) is 9.81. The minimum absolute atomic E-state index is 0.132. The lowest BCUT2D eigenvalue weighted by atomic mass is 9.66. The smallest absolute Gasteiger partial charge is 0.403 e. The van der Waals surface area contributed by atoms with Gasteiger partial charge in [-0.05, 0) is 70.3 Å². The number of benzene rings is 2. The zero-order chi connectivity index (χ0) is 18.6. The lowest BCUT2D eigenvalue weighted by Crippen LogP contribution is -2.41. The standard InChI is InChI=1S/C23H31BO2/c1-22(2)23(3,4)26-24(25-22)21(17-15-19-11-7-5-8-12-19)18-16-20-13-9-6-10-14-20/h5-14,21H,15-18H2,1-4H3. The van der Waals surface area contributed by atoms with Crippen molar-refractivity contribution in [3.05, 3.63) is 71.8 Å². The molecule has 0 unspecified atom stereocenters. The van der Waals surface area contributed by atoms with Gasteiger partial charge in [0.2, 0.25) is 0 Å². The van der Waals surface area contributed by atoms with Crippen LogP contribution in [-0.2, 0) is 22.2 Å². The van der Waals surface area contributed by atoms with E-state index in [4.69, 9.17) is 9.31 Å². The quantitative estimate of drug-likeness (QED) is 0.595. The monoisotopic (exact) mass is 350 g/mol. The summed E-state index contributed by atoms with van der Waals surface area (Å²) in [5.41, 5.74) is 2.23. The van der Waals surface area contributed by atoms with Crippen molar-refractivity contribution < 1.29 is 9.31 Å². The normalized spacial score (nSPS) is 18.4. The molecule has 0 saturated carbocycles. The molecule has 1 aliphatic rings.